The van der Waals surface area contributed by atoms with Crippen LogP contribution in [-0.4, -0.2) is 4.57 Å². The summed E-state index contributed by atoms with van der Waals surface area (Å²) < 4.78 is 4.62. The Morgan fingerprint density at radius 1 is 0.900 bits per heavy atom. The summed E-state index contributed by atoms with van der Waals surface area (Å²) >= 11 is 0. The van der Waals surface area contributed by atoms with Gasteiger partial charge in [0.05, 0.1) is 13.6 Å². The number of aryl methyl sites for hydroxylation is 2. The van der Waals surface area contributed by atoms with Gasteiger partial charge in [0.2, 0.25) is 6.33 Å². The maximum Gasteiger partial charge on any atom is 0.244 e. The number of benzene rings is 1. The van der Waals surface area contributed by atoms with E-state index in [2.05, 4.69) is 53.7 Å². The number of hydrogen-bond acceptors (Lipinski definition) is 0. The Bertz CT molecular complexity index is 513. The predicted octanol–water partition coefficient (Wildman–Crippen LogP) is 4.61. The van der Waals surface area contributed by atoms with Crippen LogP contribution in [0.3, 0.4) is 0 Å². The van der Waals surface area contributed by atoms with Gasteiger partial charge in [-0.25, -0.2) is 9.13 Å². The highest BCUT2D eigenvalue weighted by Crippen LogP contribution is 2.13. The molecule has 0 radical (unpaired) electrons. The van der Waals surface area contributed by atoms with Crippen LogP contribution < -0.4 is 4.57 Å². The van der Waals surface area contributed by atoms with Crippen LogP contribution in [0.2, 0.25) is 0 Å². The molecule has 0 aliphatic carbocycles. The molecule has 0 fully saturated rings. The highest BCUT2D eigenvalue weighted by Gasteiger charge is 2.11. The Balaban J connectivity index is 1.71. The summed E-state index contributed by atoms with van der Waals surface area (Å²) in [6.45, 7) is 3.43. The number of para-hydroxylation sites is 2. The minimum Gasteiger partial charge on any atom is -0.233 e. The first kappa shape index (κ1) is 15.1. The van der Waals surface area contributed by atoms with E-state index in [1.807, 2.05) is 0 Å². The van der Waals surface area contributed by atoms with Crippen LogP contribution in [0.1, 0.15) is 58.3 Å². The number of aromatic nitrogens is 2. The number of rotatable bonds is 9. The van der Waals surface area contributed by atoms with E-state index in [4.69, 9.17) is 0 Å². The fourth-order valence-corrected chi connectivity index (χ4v) is 2.93. The molecule has 0 aliphatic rings. The van der Waals surface area contributed by atoms with Crippen molar-refractivity contribution >= 4 is 11.0 Å². The summed E-state index contributed by atoms with van der Waals surface area (Å²) in [6, 6.07) is 8.66. The van der Waals surface area contributed by atoms with Gasteiger partial charge >= 0.3 is 0 Å². The summed E-state index contributed by atoms with van der Waals surface area (Å²) in [4.78, 5) is 0. The summed E-state index contributed by atoms with van der Waals surface area (Å²) in [6.07, 6.45) is 13.3. The largest absolute Gasteiger partial charge is 0.244 e. The summed E-state index contributed by atoms with van der Waals surface area (Å²) in [5.74, 6) is 0. The number of hydrogen-bond donors (Lipinski definition) is 0. The lowest BCUT2D eigenvalue weighted by atomic mass is 10.1. The van der Waals surface area contributed by atoms with E-state index in [9.17, 15) is 0 Å². The van der Waals surface area contributed by atoms with Crippen molar-refractivity contribution in [1.29, 1.82) is 0 Å². The molecule has 1 aromatic carbocycles. The predicted molar refractivity (Wildman–Crippen MR) is 85.7 cm³/mol. The molecule has 2 rings (SSSR count). The van der Waals surface area contributed by atoms with Crippen molar-refractivity contribution in [3.63, 3.8) is 0 Å². The van der Waals surface area contributed by atoms with Crippen LogP contribution in [0.25, 0.3) is 11.0 Å². The molecular formula is C18H29N2+. The molecule has 0 amide bonds. The summed E-state index contributed by atoms with van der Waals surface area (Å²) in [5, 5.41) is 0. The number of imidazole rings is 1. The Labute approximate surface area is 123 Å². The molecule has 0 N–H and O–H groups in total. The third kappa shape index (κ3) is 4.09. The van der Waals surface area contributed by atoms with Gasteiger partial charge in [-0.1, -0.05) is 57.6 Å². The van der Waals surface area contributed by atoms with E-state index in [1.165, 1.54) is 62.4 Å². The number of fused-ring (bicyclic) bond motifs is 1. The van der Waals surface area contributed by atoms with Gasteiger partial charge < -0.3 is 0 Å². The quantitative estimate of drug-likeness (QED) is 0.466. The molecule has 0 saturated carbocycles. The van der Waals surface area contributed by atoms with Crippen LogP contribution in [0.4, 0.5) is 0 Å². The first-order valence-electron chi connectivity index (χ1n) is 8.26. The van der Waals surface area contributed by atoms with Gasteiger partial charge in [0.15, 0.2) is 11.0 Å². The van der Waals surface area contributed by atoms with Crippen molar-refractivity contribution in [3.05, 3.63) is 30.6 Å². The maximum absolute atomic E-state index is 2.40. The molecule has 20 heavy (non-hydrogen) atoms. The lowest BCUT2D eigenvalue weighted by molar-refractivity contribution is -0.645. The summed E-state index contributed by atoms with van der Waals surface area (Å²) in [5.41, 5.74) is 2.69. The van der Waals surface area contributed by atoms with Crippen LogP contribution in [0.5, 0.6) is 0 Å². The van der Waals surface area contributed by atoms with Crippen molar-refractivity contribution in [2.45, 2.75) is 64.8 Å². The van der Waals surface area contributed by atoms with Crippen molar-refractivity contribution in [3.8, 4) is 0 Å². The molecule has 0 bridgehead atoms. The number of nitrogens with zero attached hydrogens (tertiary/aromatic N) is 2. The Hall–Kier alpha value is -1.31. The highest BCUT2D eigenvalue weighted by molar-refractivity contribution is 5.71. The second-order valence-electron chi connectivity index (χ2n) is 5.88. The van der Waals surface area contributed by atoms with Gasteiger partial charge in [0, 0.05) is 0 Å². The normalized spacial score (nSPS) is 11.3. The number of unbranched alkanes of at least 4 members (excludes halogenated alkanes) is 7. The molecule has 1 aromatic heterocycles. The maximum atomic E-state index is 2.40. The molecule has 2 heteroatoms. The van der Waals surface area contributed by atoms with Crippen LogP contribution in [0.15, 0.2) is 30.6 Å². The zero-order chi connectivity index (χ0) is 14.2. The molecule has 0 spiro atoms. The average Bonchev–Trinajstić information content (AvgIpc) is 2.79. The van der Waals surface area contributed by atoms with Crippen molar-refractivity contribution < 1.29 is 4.57 Å². The molecule has 0 atom stereocenters. The average molecular weight is 273 g/mol. The second-order valence-corrected chi connectivity index (χ2v) is 5.88. The van der Waals surface area contributed by atoms with Crippen molar-refractivity contribution in [1.82, 2.24) is 4.57 Å². The van der Waals surface area contributed by atoms with Gasteiger partial charge in [-0.2, -0.15) is 0 Å². The molecule has 110 valence electrons. The highest BCUT2D eigenvalue weighted by atomic mass is 15.1. The Morgan fingerprint density at radius 2 is 1.55 bits per heavy atom. The van der Waals surface area contributed by atoms with E-state index in [0.717, 1.165) is 6.54 Å². The van der Waals surface area contributed by atoms with Gasteiger partial charge in [-0.15, -0.1) is 0 Å². The fourth-order valence-electron chi connectivity index (χ4n) is 2.93. The van der Waals surface area contributed by atoms with Gasteiger partial charge in [-0.05, 0) is 25.0 Å². The lowest BCUT2D eigenvalue weighted by Crippen LogP contribution is -2.25. The molecular weight excluding hydrogens is 244 g/mol. The standard InChI is InChI=1S/C18H29N2/c1-3-4-5-6-7-8-9-12-15-20-16-19(2)17-13-10-11-14-18(17)20/h10-11,13-14,16H,3-9,12,15H2,1-2H3/q+1. The Morgan fingerprint density at radius 3 is 2.30 bits per heavy atom. The smallest absolute Gasteiger partial charge is 0.233 e. The summed E-state index contributed by atoms with van der Waals surface area (Å²) in [7, 11) is 2.13. The van der Waals surface area contributed by atoms with Gasteiger partial charge in [-0.3, -0.25) is 0 Å². The van der Waals surface area contributed by atoms with E-state index < -0.39 is 0 Å². The molecule has 0 saturated heterocycles. The minimum atomic E-state index is 1.15. The second kappa shape index (κ2) is 8.08. The first-order chi connectivity index (χ1) is 9.83. The van der Waals surface area contributed by atoms with Crippen LogP contribution in [-0.2, 0) is 13.6 Å². The van der Waals surface area contributed by atoms with E-state index >= 15 is 0 Å². The third-order valence-corrected chi connectivity index (χ3v) is 4.14. The monoisotopic (exact) mass is 273 g/mol. The van der Waals surface area contributed by atoms with E-state index in [-0.39, 0.29) is 0 Å². The van der Waals surface area contributed by atoms with E-state index in [1.54, 1.807) is 0 Å². The molecule has 0 aliphatic heterocycles. The van der Waals surface area contributed by atoms with Crippen molar-refractivity contribution in [2.24, 2.45) is 7.05 Å². The van der Waals surface area contributed by atoms with Crippen LogP contribution >= 0.6 is 0 Å². The molecule has 1 heterocycles. The molecule has 0 unspecified atom stereocenters. The molecule has 2 nitrogen and oxygen atoms in total. The minimum absolute atomic E-state index is 1.15. The molecule has 2 aromatic rings. The Kier molecular flexibility index (Phi) is 6.10. The third-order valence-electron chi connectivity index (χ3n) is 4.14. The van der Waals surface area contributed by atoms with Crippen LogP contribution in [0, 0.1) is 0 Å². The zero-order valence-corrected chi connectivity index (χ0v) is 13.1. The lowest BCUT2D eigenvalue weighted by Gasteiger charge is -2.01. The SMILES string of the molecule is CCCCCCCCCCn1c[n+](C)c2ccccc21. The van der Waals surface area contributed by atoms with Gasteiger partial charge in [0.25, 0.3) is 0 Å². The van der Waals surface area contributed by atoms with Crippen molar-refractivity contribution in [2.75, 3.05) is 0 Å². The first-order valence-corrected chi connectivity index (χ1v) is 8.26. The van der Waals surface area contributed by atoms with Gasteiger partial charge in [0.1, 0.15) is 0 Å². The fraction of sp³-hybridized carbons (Fsp3) is 0.611. The zero-order valence-electron chi connectivity index (χ0n) is 13.1. The van der Waals surface area contributed by atoms with E-state index in [0.29, 0.717) is 0 Å². The topological polar surface area (TPSA) is 8.81 Å².